The maximum Gasteiger partial charge on any atom is 0.284 e. The van der Waals surface area contributed by atoms with Gasteiger partial charge in [0.05, 0.1) is 11.3 Å². The van der Waals surface area contributed by atoms with Crippen molar-refractivity contribution in [3.05, 3.63) is 54.2 Å². The van der Waals surface area contributed by atoms with Gasteiger partial charge in [-0.1, -0.05) is 37.8 Å². The van der Waals surface area contributed by atoms with E-state index in [4.69, 9.17) is 4.74 Å². The van der Waals surface area contributed by atoms with E-state index in [1.54, 1.807) is 30.3 Å². The van der Waals surface area contributed by atoms with E-state index in [1.807, 2.05) is 0 Å². The van der Waals surface area contributed by atoms with E-state index < -0.39 is 18.1 Å². The summed E-state index contributed by atoms with van der Waals surface area (Å²) in [5.41, 5.74) is 0.485. The first-order valence-electron chi connectivity index (χ1n) is 8.31. The number of carbonyl (C=O) groups is 1. The molecule has 8 heteroatoms. The van der Waals surface area contributed by atoms with Crippen molar-refractivity contribution in [3.63, 3.8) is 0 Å². The molecular formula is C18H24N2O4SSi. The standard InChI is InChI=1S/C18H24N2O4SSi/c1-26(2,3)13-12-24-15-20(17-9-5-4-6-10-17)25(22,23)18-16(14-21)8-7-11-19-18/h4-11,14H,12-13,15H2,1-3H3. The van der Waals surface area contributed by atoms with E-state index in [1.165, 1.54) is 18.3 Å². The van der Waals surface area contributed by atoms with Crippen LogP contribution in [0.25, 0.3) is 0 Å². The molecule has 0 unspecified atom stereocenters. The maximum atomic E-state index is 13.1. The van der Waals surface area contributed by atoms with Gasteiger partial charge in [0.1, 0.15) is 6.73 Å². The molecule has 0 saturated carbocycles. The predicted octanol–water partition coefficient (Wildman–Crippen LogP) is 3.40. The van der Waals surface area contributed by atoms with Crippen molar-refractivity contribution in [2.45, 2.75) is 30.7 Å². The van der Waals surface area contributed by atoms with Gasteiger partial charge in [-0.05, 0) is 30.3 Å². The second-order valence-corrected chi connectivity index (χ2v) is 14.5. The molecular weight excluding hydrogens is 368 g/mol. The van der Waals surface area contributed by atoms with Gasteiger partial charge in [0.25, 0.3) is 10.0 Å². The molecule has 0 amide bonds. The molecule has 2 aromatic rings. The van der Waals surface area contributed by atoms with E-state index in [9.17, 15) is 13.2 Å². The molecule has 0 fully saturated rings. The van der Waals surface area contributed by atoms with Crippen LogP contribution in [0.3, 0.4) is 0 Å². The number of rotatable bonds is 9. The number of aldehydes is 1. The van der Waals surface area contributed by atoms with Crippen LogP contribution < -0.4 is 4.31 Å². The van der Waals surface area contributed by atoms with Gasteiger partial charge < -0.3 is 4.74 Å². The minimum Gasteiger partial charge on any atom is -0.360 e. The monoisotopic (exact) mass is 392 g/mol. The first-order valence-corrected chi connectivity index (χ1v) is 13.5. The summed E-state index contributed by atoms with van der Waals surface area (Å²) >= 11 is 0. The molecule has 0 aliphatic heterocycles. The van der Waals surface area contributed by atoms with E-state index in [-0.39, 0.29) is 17.3 Å². The normalized spacial score (nSPS) is 12.0. The maximum absolute atomic E-state index is 13.1. The molecule has 0 aliphatic carbocycles. The summed E-state index contributed by atoms with van der Waals surface area (Å²) in [5, 5.41) is -0.271. The van der Waals surface area contributed by atoms with Crippen LogP contribution in [0.1, 0.15) is 10.4 Å². The van der Waals surface area contributed by atoms with Crippen LogP contribution in [0, 0.1) is 0 Å². The molecule has 1 aromatic heterocycles. The molecule has 6 nitrogen and oxygen atoms in total. The first-order chi connectivity index (χ1) is 12.3. The van der Waals surface area contributed by atoms with Crippen molar-refractivity contribution >= 4 is 30.1 Å². The van der Waals surface area contributed by atoms with Crippen LogP contribution in [0.4, 0.5) is 5.69 Å². The summed E-state index contributed by atoms with van der Waals surface area (Å²) in [4.78, 5) is 15.2. The van der Waals surface area contributed by atoms with Crippen molar-refractivity contribution in [3.8, 4) is 0 Å². The zero-order chi connectivity index (χ0) is 19.2. The number of hydrogen-bond acceptors (Lipinski definition) is 5. The van der Waals surface area contributed by atoms with E-state index in [0.29, 0.717) is 18.6 Å². The van der Waals surface area contributed by atoms with E-state index >= 15 is 0 Å². The molecule has 2 rings (SSSR count). The number of pyridine rings is 1. The Morgan fingerprint density at radius 1 is 1.12 bits per heavy atom. The number of aromatic nitrogens is 1. The predicted molar refractivity (Wildman–Crippen MR) is 105 cm³/mol. The minimum atomic E-state index is -4.04. The Hall–Kier alpha value is -2.03. The summed E-state index contributed by atoms with van der Waals surface area (Å²) in [6, 6.07) is 12.6. The van der Waals surface area contributed by atoms with Crippen LogP contribution in [-0.2, 0) is 14.8 Å². The zero-order valence-corrected chi connectivity index (χ0v) is 17.1. The van der Waals surface area contributed by atoms with Crippen LogP contribution in [0.2, 0.25) is 25.7 Å². The third kappa shape index (κ3) is 5.23. The molecule has 0 aliphatic rings. The second-order valence-electron chi connectivity index (χ2n) is 7.05. The largest absolute Gasteiger partial charge is 0.360 e. The molecule has 0 N–H and O–H groups in total. The lowest BCUT2D eigenvalue weighted by Crippen LogP contribution is -2.35. The Labute approximate surface area is 155 Å². The zero-order valence-electron chi connectivity index (χ0n) is 15.3. The SMILES string of the molecule is C[Si](C)(C)CCOCN(c1ccccc1)S(=O)(=O)c1ncccc1C=O. The number of hydrogen-bond donors (Lipinski definition) is 0. The summed E-state index contributed by atoms with van der Waals surface area (Å²) < 4.78 is 33.1. The van der Waals surface area contributed by atoms with Gasteiger partial charge in [-0.3, -0.25) is 4.79 Å². The Balaban J connectivity index is 2.32. The third-order valence-electron chi connectivity index (χ3n) is 3.71. The van der Waals surface area contributed by atoms with E-state index in [2.05, 4.69) is 24.6 Å². The van der Waals surface area contributed by atoms with Gasteiger partial charge >= 0.3 is 0 Å². The Kier molecular flexibility index (Phi) is 6.68. The van der Waals surface area contributed by atoms with Gasteiger partial charge in [0.15, 0.2) is 11.3 Å². The fourth-order valence-corrected chi connectivity index (χ4v) is 4.40. The molecule has 140 valence electrons. The molecule has 0 saturated heterocycles. The summed E-state index contributed by atoms with van der Waals surface area (Å²) in [6.45, 7) is 7.04. The Bertz CT molecular complexity index is 836. The lowest BCUT2D eigenvalue weighted by Gasteiger charge is -2.25. The fraction of sp³-hybridized carbons (Fsp3) is 0.333. The average molecular weight is 393 g/mol. The summed E-state index contributed by atoms with van der Waals surface area (Å²) in [7, 11) is -5.32. The number of carbonyl (C=O) groups excluding carboxylic acids is 1. The number of anilines is 1. The Morgan fingerprint density at radius 3 is 2.42 bits per heavy atom. The minimum absolute atomic E-state index is 0.0236. The number of nitrogens with zero attached hydrogens (tertiary/aromatic N) is 2. The van der Waals surface area contributed by atoms with Crippen molar-refractivity contribution in [1.82, 2.24) is 4.98 Å². The lowest BCUT2D eigenvalue weighted by molar-refractivity contribution is 0.111. The highest BCUT2D eigenvalue weighted by Crippen LogP contribution is 2.24. The highest BCUT2D eigenvalue weighted by atomic mass is 32.2. The Morgan fingerprint density at radius 2 is 1.81 bits per heavy atom. The van der Waals surface area contributed by atoms with Crippen molar-refractivity contribution in [2.75, 3.05) is 17.6 Å². The molecule has 0 spiro atoms. The van der Waals surface area contributed by atoms with Gasteiger partial charge in [0, 0.05) is 20.9 Å². The van der Waals surface area contributed by atoms with Crippen LogP contribution in [-0.4, -0.2) is 41.1 Å². The van der Waals surface area contributed by atoms with Crippen molar-refractivity contribution in [1.29, 1.82) is 0 Å². The summed E-state index contributed by atoms with van der Waals surface area (Å²) in [6.07, 6.45) is 1.85. The number of sulfonamides is 1. The second kappa shape index (κ2) is 8.57. The summed E-state index contributed by atoms with van der Waals surface area (Å²) in [5.74, 6) is 0. The van der Waals surface area contributed by atoms with Crippen LogP contribution in [0.15, 0.2) is 53.7 Å². The van der Waals surface area contributed by atoms with Gasteiger partial charge in [0.2, 0.25) is 0 Å². The van der Waals surface area contributed by atoms with Crippen LogP contribution >= 0.6 is 0 Å². The molecule has 0 bridgehead atoms. The number of benzene rings is 1. The van der Waals surface area contributed by atoms with Crippen LogP contribution in [0.5, 0.6) is 0 Å². The number of ether oxygens (including phenoxy) is 1. The topological polar surface area (TPSA) is 76.6 Å². The highest BCUT2D eigenvalue weighted by Gasteiger charge is 2.29. The number of para-hydroxylation sites is 1. The van der Waals surface area contributed by atoms with Crippen molar-refractivity contribution in [2.24, 2.45) is 0 Å². The van der Waals surface area contributed by atoms with Gasteiger partial charge in [-0.25, -0.2) is 9.29 Å². The van der Waals surface area contributed by atoms with Gasteiger partial charge in [-0.15, -0.1) is 0 Å². The fourth-order valence-electron chi connectivity index (χ4n) is 2.22. The third-order valence-corrected chi connectivity index (χ3v) is 7.14. The molecule has 0 atom stereocenters. The molecule has 1 heterocycles. The lowest BCUT2D eigenvalue weighted by atomic mass is 10.3. The van der Waals surface area contributed by atoms with Gasteiger partial charge in [-0.2, -0.15) is 8.42 Å². The van der Waals surface area contributed by atoms with E-state index in [0.717, 1.165) is 10.3 Å². The quantitative estimate of drug-likeness (QED) is 0.283. The highest BCUT2D eigenvalue weighted by molar-refractivity contribution is 7.92. The van der Waals surface area contributed by atoms with Crippen molar-refractivity contribution < 1.29 is 17.9 Å². The molecule has 1 aromatic carbocycles. The molecule has 26 heavy (non-hydrogen) atoms. The average Bonchev–Trinajstić information content (AvgIpc) is 2.61. The molecule has 0 radical (unpaired) electrons. The smallest absolute Gasteiger partial charge is 0.284 e. The first kappa shape index (κ1) is 20.3.